The first kappa shape index (κ1) is 30.3. The first-order valence-electron chi connectivity index (χ1n) is 14.7. The zero-order valence-electron chi connectivity index (χ0n) is 25.4. The van der Waals surface area contributed by atoms with Gasteiger partial charge in [0.25, 0.3) is 11.8 Å². The molecule has 0 spiro atoms. The molecular formula is C34H40N4O5. The number of amides is 2. The summed E-state index contributed by atoms with van der Waals surface area (Å²) >= 11 is 0. The van der Waals surface area contributed by atoms with Gasteiger partial charge in [0, 0.05) is 43.7 Å². The second-order valence-electron chi connectivity index (χ2n) is 11.0. The Hall–Kier alpha value is -4.21. The van der Waals surface area contributed by atoms with Gasteiger partial charge >= 0.3 is 0 Å². The lowest BCUT2D eigenvalue weighted by Crippen LogP contribution is -2.46. The highest BCUT2D eigenvalue weighted by Crippen LogP contribution is 2.37. The molecule has 1 saturated heterocycles. The smallest absolute Gasteiger partial charge is 0.262 e. The van der Waals surface area contributed by atoms with Crippen molar-refractivity contribution < 1.29 is 23.8 Å². The molecule has 3 aromatic rings. The standard InChI is InChI=1S/C34H40N4O5/c1-24-9-10-27(21-25(24)2)30-22-31(29-7-5-6-8-32(29)42-4)38(35-30)33(39)23-37(16-15-36-17-19-43-20-18-36)34(40)26-11-13-28(41-3)14-12-26/h5-14,21,31H,15-20,22-23H2,1-4H3. The van der Waals surface area contributed by atoms with Gasteiger partial charge in [-0.15, -0.1) is 0 Å². The summed E-state index contributed by atoms with van der Waals surface area (Å²) in [5, 5.41) is 6.43. The lowest BCUT2D eigenvalue weighted by Gasteiger charge is -2.31. The van der Waals surface area contributed by atoms with Crippen LogP contribution in [0.3, 0.4) is 0 Å². The van der Waals surface area contributed by atoms with E-state index in [0.29, 0.717) is 49.8 Å². The van der Waals surface area contributed by atoms with Crippen molar-refractivity contribution in [2.75, 3.05) is 60.2 Å². The average molecular weight is 585 g/mol. The number of morpholine rings is 1. The molecule has 3 aromatic carbocycles. The van der Waals surface area contributed by atoms with Crippen LogP contribution in [0.4, 0.5) is 0 Å². The fourth-order valence-corrected chi connectivity index (χ4v) is 5.51. The van der Waals surface area contributed by atoms with Crippen LogP contribution in [0.1, 0.15) is 45.1 Å². The average Bonchev–Trinajstić information content (AvgIpc) is 3.50. The van der Waals surface area contributed by atoms with Gasteiger partial charge in [0.15, 0.2) is 0 Å². The zero-order chi connectivity index (χ0) is 30.3. The Morgan fingerprint density at radius 1 is 0.953 bits per heavy atom. The van der Waals surface area contributed by atoms with Crippen LogP contribution in [-0.4, -0.2) is 92.5 Å². The second kappa shape index (κ2) is 13.8. The Morgan fingerprint density at radius 3 is 2.40 bits per heavy atom. The van der Waals surface area contributed by atoms with Crippen LogP contribution in [-0.2, 0) is 9.53 Å². The van der Waals surface area contributed by atoms with Crippen molar-refractivity contribution in [1.82, 2.24) is 14.8 Å². The molecule has 2 amide bonds. The van der Waals surface area contributed by atoms with Crippen LogP contribution < -0.4 is 9.47 Å². The summed E-state index contributed by atoms with van der Waals surface area (Å²) < 4.78 is 16.4. The lowest BCUT2D eigenvalue weighted by molar-refractivity contribution is -0.133. The van der Waals surface area contributed by atoms with E-state index < -0.39 is 0 Å². The first-order valence-corrected chi connectivity index (χ1v) is 14.7. The van der Waals surface area contributed by atoms with Crippen molar-refractivity contribution in [2.24, 2.45) is 5.10 Å². The Labute approximate surface area is 253 Å². The molecule has 0 radical (unpaired) electrons. The number of hydrogen-bond donors (Lipinski definition) is 0. The van der Waals surface area contributed by atoms with Crippen molar-refractivity contribution in [3.8, 4) is 11.5 Å². The van der Waals surface area contributed by atoms with Crippen LogP contribution >= 0.6 is 0 Å². The van der Waals surface area contributed by atoms with Gasteiger partial charge in [-0.05, 0) is 66.9 Å². The Morgan fingerprint density at radius 2 is 1.70 bits per heavy atom. The van der Waals surface area contributed by atoms with E-state index in [9.17, 15) is 9.59 Å². The van der Waals surface area contributed by atoms with E-state index >= 15 is 0 Å². The topological polar surface area (TPSA) is 83.9 Å². The molecule has 9 nitrogen and oxygen atoms in total. The zero-order valence-corrected chi connectivity index (χ0v) is 25.4. The summed E-state index contributed by atoms with van der Waals surface area (Å²) in [5.41, 5.74) is 5.55. The van der Waals surface area contributed by atoms with Crippen LogP contribution in [0, 0.1) is 13.8 Å². The third kappa shape index (κ3) is 7.06. The second-order valence-corrected chi connectivity index (χ2v) is 11.0. The number of para-hydroxylation sites is 1. The molecule has 43 heavy (non-hydrogen) atoms. The van der Waals surface area contributed by atoms with Gasteiger partial charge in [0.1, 0.15) is 18.0 Å². The molecule has 9 heteroatoms. The summed E-state index contributed by atoms with van der Waals surface area (Å²) in [7, 11) is 3.22. The van der Waals surface area contributed by atoms with Gasteiger partial charge in [-0.2, -0.15) is 5.10 Å². The minimum absolute atomic E-state index is 0.107. The van der Waals surface area contributed by atoms with E-state index in [0.717, 1.165) is 35.5 Å². The third-order valence-corrected chi connectivity index (χ3v) is 8.24. The molecule has 2 heterocycles. The van der Waals surface area contributed by atoms with E-state index in [-0.39, 0.29) is 24.4 Å². The monoisotopic (exact) mass is 584 g/mol. The molecule has 1 fully saturated rings. The third-order valence-electron chi connectivity index (χ3n) is 8.24. The molecule has 2 aliphatic heterocycles. The molecule has 1 atom stereocenters. The number of rotatable bonds is 10. The van der Waals surface area contributed by atoms with Crippen molar-refractivity contribution in [3.63, 3.8) is 0 Å². The Kier molecular flexibility index (Phi) is 9.74. The van der Waals surface area contributed by atoms with E-state index in [1.807, 2.05) is 24.3 Å². The number of nitrogens with zero attached hydrogens (tertiary/aromatic N) is 4. The molecular weight excluding hydrogens is 544 g/mol. The van der Waals surface area contributed by atoms with Crippen molar-refractivity contribution >= 4 is 17.5 Å². The minimum Gasteiger partial charge on any atom is -0.497 e. The number of methoxy groups -OCH3 is 2. The lowest BCUT2D eigenvalue weighted by atomic mass is 9.96. The summed E-state index contributed by atoms with van der Waals surface area (Å²) in [4.78, 5) is 31.8. The number of carbonyl (C=O) groups is 2. The van der Waals surface area contributed by atoms with E-state index in [2.05, 4.69) is 36.9 Å². The van der Waals surface area contributed by atoms with Crippen molar-refractivity contribution in [2.45, 2.75) is 26.3 Å². The van der Waals surface area contributed by atoms with Crippen LogP contribution in [0.25, 0.3) is 0 Å². The first-order chi connectivity index (χ1) is 20.9. The molecule has 1 unspecified atom stereocenters. The van der Waals surface area contributed by atoms with Gasteiger partial charge in [0.2, 0.25) is 0 Å². The van der Waals surface area contributed by atoms with E-state index in [1.54, 1.807) is 48.4 Å². The quantitative estimate of drug-likeness (QED) is 0.350. The highest BCUT2D eigenvalue weighted by atomic mass is 16.5. The maximum Gasteiger partial charge on any atom is 0.262 e. The van der Waals surface area contributed by atoms with E-state index in [1.165, 1.54) is 5.56 Å². The van der Waals surface area contributed by atoms with Gasteiger partial charge in [0.05, 0.1) is 39.2 Å². The normalized spacial score (nSPS) is 17.0. The van der Waals surface area contributed by atoms with Crippen LogP contribution in [0.2, 0.25) is 0 Å². The minimum atomic E-state index is -0.363. The molecule has 0 aromatic heterocycles. The highest BCUT2D eigenvalue weighted by Gasteiger charge is 2.36. The molecule has 226 valence electrons. The largest absolute Gasteiger partial charge is 0.497 e. The number of ether oxygens (including phenoxy) is 3. The van der Waals surface area contributed by atoms with Gasteiger partial charge in [-0.3, -0.25) is 14.5 Å². The summed E-state index contributed by atoms with van der Waals surface area (Å²) in [6, 6.07) is 20.6. The number of aryl methyl sites for hydroxylation is 2. The maximum atomic E-state index is 14.2. The number of benzene rings is 3. The molecule has 2 aliphatic rings. The highest BCUT2D eigenvalue weighted by molar-refractivity contribution is 6.04. The van der Waals surface area contributed by atoms with Crippen LogP contribution in [0.15, 0.2) is 71.8 Å². The molecule has 0 aliphatic carbocycles. The molecule has 0 saturated carbocycles. The number of hydrazone groups is 1. The fraction of sp³-hybridized carbons (Fsp3) is 0.382. The van der Waals surface area contributed by atoms with Crippen LogP contribution in [0.5, 0.6) is 11.5 Å². The summed E-state index contributed by atoms with van der Waals surface area (Å²) in [5.74, 6) is 0.895. The Balaban J connectivity index is 1.44. The molecule has 5 rings (SSSR count). The maximum absolute atomic E-state index is 14.2. The predicted octanol–water partition coefficient (Wildman–Crippen LogP) is 4.47. The Bertz CT molecular complexity index is 1470. The van der Waals surface area contributed by atoms with Gasteiger partial charge < -0.3 is 19.1 Å². The van der Waals surface area contributed by atoms with E-state index in [4.69, 9.17) is 19.3 Å². The van der Waals surface area contributed by atoms with Crippen molar-refractivity contribution in [3.05, 3.63) is 94.5 Å². The van der Waals surface area contributed by atoms with Gasteiger partial charge in [-0.1, -0.05) is 30.3 Å². The predicted molar refractivity (Wildman–Crippen MR) is 166 cm³/mol. The fourth-order valence-electron chi connectivity index (χ4n) is 5.51. The summed E-state index contributed by atoms with van der Waals surface area (Å²) in [6.07, 6.45) is 0.537. The molecule has 0 bridgehead atoms. The molecule has 0 N–H and O–H groups in total. The summed E-state index contributed by atoms with van der Waals surface area (Å²) in [6.45, 7) is 8.01. The van der Waals surface area contributed by atoms with Gasteiger partial charge in [-0.25, -0.2) is 5.01 Å². The number of hydrogen-bond acceptors (Lipinski definition) is 7. The van der Waals surface area contributed by atoms with Crippen molar-refractivity contribution in [1.29, 1.82) is 0 Å². The number of carbonyl (C=O) groups excluding carboxylic acids is 2. The SMILES string of the molecule is COc1ccc(C(=O)N(CCN2CCOCC2)CC(=O)N2N=C(c3ccc(C)c(C)c3)CC2c2ccccc2OC)cc1.